The molecule has 29 heavy (non-hydrogen) atoms. The molecule has 3 aromatic rings. The summed E-state index contributed by atoms with van der Waals surface area (Å²) in [6.45, 7) is -0.342. The van der Waals surface area contributed by atoms with Crippen LogP contribution in [0, 0.1) is 5.82 Å². The smallest absolute Gasteiger partial charge is 0.255 e. The predicted molar refractivity (Wildman–Crippen MR) is 105 cm³/mol. The van der Waals surface area contributed by atoms with Gasteiger partial charge >= 0.3 is 0 Å². The number of sulfone groups is 1. The summed E-state index contributed by atoms with van der Waals surface area (Å²) in [6.07, 6.45) is 1.33. The van der Waals surface area contributed by atoms with Crippen molar-refractivity contribution in [1.82, 2.24) is 5.32 Å². The number of methoxy groups -OCH3 is 1. The fourth-order valence-electron chi connectivity index (χ4n) is 2.76. The molecule has 152 valence electrons. The van der Waals surface area contributed by atoms with Gasteiger partial charge in [0.1, 0.15) is 22.6 Å². The molecule has 0 spiro atoms. The highest BCUT2D eigenvalue weighted by molar-refractivity contribution is 7.91. The Morgan fingerprint density at radius 1 is 1.17 bits per heavy atom. The minimum absolute atomic E-state index is 0.0258. The predicted octanol–water partition coefficient (Wildman–Crippen LogP) is 4.03. The molecule has 3 rings (SSSR count). The van der Waals surface area contributed by atoms with Crippen molar-refractivity contribution < 1.29 is 26.8 Å². The molecule has 2 aromatic carbocycles. The highest BCUT2D eigenvalue weighted by Gasteiger charge is 2.32. The van der Waals surface area contributed by atoms with E-state index < -0.39 is 26.8 Å². The SMILES string of the molecule is COc1ccc(S(=O)(=O)[C@H](CNC(=O)c2c(F)cccc2Cl)c2ccco2)cc1. The zero-order chi connectivity index (χ0) is 21.0. The standard InChI is InChI=1S/C20H17ClFNO5S/c1-27-13-7-9-14(10-8-13)29(25,26)18(17-6-3-11-28-17)12-23-20(24)19-15(21)4-2-5-16(19)22/h2-11,18H,12H2,1H3,(H,23,24)/t18-/m1/s1. The fraction of sp³-hybridized carbons (Fsp3) is 0.150. The van der Waals surface area contributed by atoms with E-state index in [0.29, 0.717) is 5.75 Å². The molecule has 0 radical (unpaired) electrons. The third kappa shape index (κ3) is 4.44. The van der Waals surface area contributed by atoms with E-state index in [2.05, 4.69) is 5.32 Å². The highest BCUT2D eigenvalue weighted by atomic mass is 35.5. The van der Waals surface area contributed by atoms with Crippen molar-refractivity contribution >= 4 is 27.3 Å². The van der Waals surface area contributed by atoms with E-state index in [0.717, 1.165) is 6.07 Å². The maximum absolute atomic E-state index is 14.0. The lowest BCUT2D eigenvalue weighted by atomic mass is 10.2. The van der Waals surface area contributed by atoms with Gasteiger partial charge in [0.2, 0.25) is 0 Å². The summed E-state index contributed by atoms with van der Waals surface area (Å²) < 4.78 is 50.6. The van der Waals surface area contributed by atoms with Gasteiger partial charge in [0.25, 0.3) is 5.91 Å². The van der Waals surface area contributed by atoms with Crippen molar-refractivity contribution in [2.75, 3.05) is 13.7 Å². The first-order valence-electron chi connectivity index (χ1n) is 8.48. The molecule has 0 unspecified atom stereocenters. The lowest BCUT2D eigenvalue weighted by Crippen LogP contribution is -2.32. The number of carbonyl (C=O) groups excluding carboxylic acids is 1. The van der Waals surface area contributed by atoms with Crippen molar-refractivity contribution in [3.05, 3.63) is 83.0 Å². The third-order valence-corrected chi connectivity index (χ3v) is 6.65. The first kappa shape index (κ1) is 20.9. The van der Waals surface area contributed by atoms with Crippen molar-refractivity contribution in [1.29, 1.82) is 0 Å². The first-order chi connectivity index (χ1) is 13.8. The van der Waals surface area contributed by atoms with Crippen molar-refractivity contribution in [3.8, 4) is 5.75 Å². The topological polar surface area (TPSA) is 85.6 Å². The molecule has 1 aromatic heterocycles. The van der Waals surface area contributed by atoms with E-state index in [1.165, 1.54) is 55.8 Å². The number of ether oxygens (including phenoxy) is 1. The maximum atomic E-state index is 14.0. The van der Waals surface area contributed by atoms with Crippen LogP contribution in [0.4, 0.5) is 4.39 Å². The van der Waals surface area contributed by atoms with Gasteiger partial charge in [-0.2, -0.15) is 0 Å². The van der Waals surface area contributed by atoms with Crippen LogP contribution in [0.3, 0.4) is 0 Å². The Hall–Kier alpha value is -2.84. The molecule has 9 heteroatoms. The Bertz CT molecular complexity index is 1080. The summed E-state index contributed by atoms with van der Waals surface area (Å²) >= 11 is 5.90. The molecule has 6 nitrogen and oxygen atoms in total. The molecule has 0 bridgehead atoms. The van der Waals surface area contributed by atoms with E-state index in [-0.39, 0.29) is 27.8 Å². The average Bonchev–Trinajstić information content (AvgIpc) is 3.22. The van der Waals surface area contributed by atoms with Gasteiger partial charge in [-0.1, -0.05) is 17.7 Å². The molecule has 1 heterocycles. The van der Waals surface area contributed by atoms with Crippen molar-refractivity contribution in [2.24, 2.45) is 0 Å². The number of furan rings is 1. The molecule has 0 aliphatic carbocycles. The second-order valence-electron chi connectivity index (χ2n) is 6.03. The Morgan fingerprint density at radius 2 is 1.90 bits per heavy atom. The van der Waals surface area contributed by atoms with Crippen LogP contribution in [0.5, 0.6) is 5.75 Å². The van der Waals surface area contributed by atoms with Crippen LogP contribution in [0.25, 0.3) is 0 Å². The fourth-order valence-corrected chi connectivity index (χ4v) is 4.59. The molecule has 0 fully saturated rings. The number of hydrogen-bond acceptors (Lipinski definition) is 5. The molecule has 1 N–H and O–H groups in total. The van der Waals surface area contributed by atoms with Crippen LogP contribution in [-0.2, 0) is 9.84 Å². The Labute approximate surface area is 172 Å². The van der Waals surface area contributed by atoms with Crippen molar-refractivity contribution in [2.45, 2.75) is 10.1 Å². The summed E-state index contributed by atoms with van der Waals surface area (Å²) in [4.78, 5) is 12.5. The van der Waals surface area contributed by atoms with Gasteiger partial charge in [0, 0.05) is 6.54 Å². The number of rotatable bonds is 7. The zero-order valence-electron chi connectivity index (χ0n) is 15.3. The monoisotopic (exact) mass is 437 g/mol. The second-order valence-corrected chi connectivity index (χ2v) is 8.57. The van der Waals surface area contributed by atoms with Gasteiger partial charge in [0.15, 0.2) is 9.84 Å². The number of nitrogens with one attached hydrogen (secondary N) is 1. The Balaban J connectivity index is 1.89. The summed E-state index contributed by atoms with van der Waals surface area (Å²) in [6, 6.07) is 12.7. The highest BCUT2D eigenvalue weighted by Crippen LogP contribution is 2.30. The lowest BCUT2D eigenvalue weighted by Gasteiger charge is -2.17. The van der Waals surface area contributed by atoms with E-state index in [1.807, 2.05) is 0 Å². The van der Waals surface area contributed by atoms with E-state index in [4.69, 9.17) is 20.8 Å². The molecule has 1 amide bonds. The molecule has 0 aliphatic rings. The van der Waals surface area contributed by atoms with E-state index in [1.54, 1.807) is 6.07 Å². The molecular weight excluding hydrogens is 421 g/mol. The minimum atomic E-state index is -3.94. The summed E-state index contributed by atoms with van der Waals surface area (Å²) in [5.41, 5.74) is -0.353. The van der Waals surface area contributed by atoms with Crippen LogP contribution in [-0.4, -0.2) is 28.0 Å². The van der Waals surface area contributed by atoms with Gasteiger partial charge < -0.3 is 14.5 Å². The zero-order valence-corrected chi connectivity index (χ0v) is 16.8. The van der Waals surface area contributed by atoms with Crippen LogP contribution in [0.2, 0.25) is 5.02 Å². The summed E-state index contributed by atoms with van der Waals surface area (Å²) in [7, 11) is -2.47. The summed E-state index contributed by atoms with van der Waals surface area (Å²) in [5.74, 6) is -0.987. The van der Waals surface area contributed by atoms with E-state index in [9.17, 15) is 17.6 Å². The van der Waals surface area contributed by atoms with Crippen LogP contribution < -0.4 is 10.1 Å². The van der Waals surface area contributed by atoms with Gasteiger partial charge in [-0.05, 0) is 48.5 Å². The van der Waals surface area contributed by atoms with Gasteiger partial charge in [-0.3, -0.25) is 4.79 Å². The van der Waals surface area contributed by atoms with Crippen LogP contribution >= 0.6 is 11.6 Å². The minimum Gasteiger partial charge on any atom is -0.497 e. The number of carbonyl (C=O) groups is 1. The van der Waals surface area contributed by atoms with Crippen LogP contribution in [0.1, 0.15) is 21.4 Å². The molecular formula is C20H17ClFNO5S. The van der Waals surface area contributed by atoms with E-state index >= 15 is 0 Å². The quantitative estimate of drug-likeness (QED) is 0.603. The number of amides is 1. The molecule has 0 saturated heterocycles. The normalized spacial score (nSPS) is 12.4. The van der Waals surface area contributed by atoms with Gasteiger partial charge in [-0.15, -0.1) is 0 Å². The average molecular weight is 438 g/mol. The molecule has 1 atom stereocenters. The van der Waals surface area contributed by atoms with Crippen LogP contribution in [0.15, 0.2) is 70.2 Å². The first-order valence-corrected chi connectivity index (χ1v) is 10.4. The van der Waals surface area contributed by atoms with Gasteiger partial charge in [0.05, 0.1) is 28.9 Å². The largest absolute Gasteiger partial charge is 0.497 e. The van der Waals surface area contributed by atoms with Crippen molar-refractivity contribution in [3.63, 3.8) is 0 Å². The molecule has 0 aliphatic heterocycles. The maximum Gasteiger partial charge on any atom is 0.255 e. The lowest BCUT2D eigenvalue weighted by molar-refractivity contribution is 0.0949. The number of benzene rings is 2. The number of hydrogen-bond donors (Lipinski definition) is 1. The summed E-state index contributed by atoms with van der Waals surface area (Å²) in [5, 5.41) is 1.14. The Morgan fingerprint density at radius 3 is 2.48 bits per heavy atom. The second kappa shape index (κ2) is 8.67. The third-order valence-electron chi connectivity index (χ3n) is 4.26. The van der Waals surface area contributed by atoms with Gasteiger partial charge in [-0.25, -0.2) is 12.8 Å². The Kier molecular flexibility index (Phi) is 6.24. The number of halogens is 2. The molecule has 0 saturated carbocycles.